The molecule has 0 aliphatic rings. The Morgan fingerprint density at radius 1 is 0.925 bits per heavy atom. The minimum atomic E-state index is -4.61. The van der Waals surface area contributed by atoms with Crippen LogP contribution >= 0.6 is 11.6 Å². The summed E-state index contributed by atoms with van der Waals surface area (Å²) in [6.07, 6.45) is 0.264. The molecule has 0 spiro atoms. The van der Waals surface area contributed by atoms with E-state index in [1.165, 1.54) is 17.6 Å². The van der Waals surface area contributed by atoms with Crippen LogP contribution < -0.4 is 0 Å². The summed E-state index contributed by atoms with van der Waals surface area (Å²) in [5.41, 5.74) is 2.90. The molecule has 3 aromatic carbocycles. The minimum Gasteiger partial charge on any atom is -0.301 e. The summed E-state index contributed by atoms with van der Waals surface area (Å²) in [5, 5.41) is 8.98. The van der Waals surface area contributed by atoms with Crippen molar-refractivity contribution < 1.29 is 21.6 Å². The highest BCUT2D eigenvalue weighted by molar-refractivity contribution is 7.90. The fourth-order valence-corrected chi connectivity index (χ4v) is 5.18. The van der Waals surface area contributed by atoms with Crippen LogP contribution in [0.5, 0.6) is 0 Å². The zero-order valence-electron chi connectivity index (χ0n) is 21.4. The molecule has 0 unspecified atom stereocenters. The molecule has 0 aliphatic heterocycles. The van der Waals surface area contributed by atoms with Crippen LogP contribution in [0.4, 0.5) is 13.2 Å². The fourth-order valence-electron chi connectivity index (χ4n) is 4.39. The summed E-state index contributed by atoms with van der Waals surface area (Å²) in [4.78, 5) is 3.87. The number of imidazole rings is 1. The molecule has 0 radical (unpaired) electrons. The van der Waals surface area contributed by atoms with Gasteiger partial charge < -0.3 is 4.57 Å². The van der Waals surface area contributed by atoms with Gasteiger partial charge in [0, 0.05) is 17.5 Å². The van der Waals surface area contributed by atoms with E-state index < -0.39 is 21.7 Å². The second kappa shape index (κ2) is 10.5. The quantitative estimate of drug-likeness (QED) is 0.224. The van der Waals surface area contributed by atoms with Crippen molar-refractivity contribution in [2.24, 2.45) is 0 Å². The van der Waals surface area contributed by atoms with Gasteiger partial charge in [0.2, 0.25) is 0 Å². The lowest BCUT2D eigenvalue weighted by atomic mass is 10.0. The molecule has 0 atom stereocenters. The van der Waals surface area contributed by atoms with Gasteiger partial charge in [-0.1, -0.05) is 47.1 Å². The largest absolute Gasteiger partial charge is 0.434 e. The Hall–Kier alpha value is -3.96. The fraction of sp³-hybridized carbons (Fsp3) is 0.179. The first-order valence-corrected chi connectivity index (χ1v) is 14.4. The third-order valence-electron chi connectivity index (χ3n) is 6.43. The van der Waals surface area contributed by atoms with E-state index in [1.54, 1.807) is 59.4 Å². The van der Waals surface area contributed by atoms with Gasteiger partial charge in [-0.05, 0) is 72.9 Å². The maximum atomic E-state index is 13.5. The van der Waals surface area contributed by atoms with Gasteiger partial charge in [0.25, 0.3) is 0 Å². The number of aryl methyl sites for hydroxylation is 3. The van der Waals surface area contributed by atoms with E-state index in [9.17, 15) is 21.6 Å². The van der Waals surface area contributed by atoms with Crippen LogP contribution in [0.1, 0.15) is 22.8 Å². The highest BCUT2D eigenvalue weighted by Gasteiger charge is 2.34. The number of halogens is 4. The van der Waals surface area contributed by atoms with Crippen LogP contribution in [-0.2, 0) is 28.9 Å². The van der Waals surface area contributed by atoms with Crippen molar-refractivity contribution in [3.63, 3.8) is 0 Å². The second-order valence-electron chi connectivity index (χ2n) is 9.31. The molecule has 5 aromatic rings. The van der Waals surface area contributed by atoms with E-state index in [2.05, 4.69) is 15.3 Å². The number of hydrogen-bond donors (Lipinski definition) is 0. The maximum absolute atomic E-state index is 13.5. The topological polar surface area (TPSA) is 82.7 Å². The van der Waals surface area contributed by atoms with E-state index >= 15 is 0 Å². The lowest BCUT2D eigenvalue weighted by Gasteiger charge is -2.16. The Kier molecular flexibility index (Phi) is 7.28. The summed E-state index contributed by atoms with van der Waals surface area (Å²) in [6, 6.07) is 19.1. The SMILES string of the molecule is Cc1nc(C(F)(F)F)cn1-c1ccc(-c2cccc(S(C)(=O)=O)c2)cc1-n1nncc1CCc1ccc(Cl)cc1. The molecular weight excluding hydrogens is 563 g/mol. The number of benzene rings is 3. The Bertz CT molecular complexity index is 1800. The predicted molar refractivity (Wildman–Crippen MR) is 146 cm³/mol. The van der Waals surface area contributed by atoms with E-state index in [0.717, 1.165) is 23.7 Å². The molecule has 2 aromatic heterocycles. The molecule has 7 nitrogen and oxygen atoms in total. The minimum absolute atomic E-state index is 0.142. The predicted octanol–water partition coefficient (Wildman–Crippen LogP) is 6.29. The molecule has 0 N–H and O–H groups in total. The zero-order valence-corrected chi connectivity index (χ0v) is 23.0. The van der Waals surface area contributed by atoms with Crippen molar-refractivity contribution >= 4 is 21.4 Å². The zero-order chi connectivity index (χ0) is 28.7. The van der Waals surface area contributed by atoms with Crippen molar-refractivity contribution in [3.05, 3.63) is 107 Å². The van der Waals surface area contributed by atoms with Gasteiger partial charge in [-0.3, -0.25) is 0 Å². The number of aromatic nitrogens is 5. The van der Waals surface area contributed by atoms with Gasteiger partial charge in [-0.25, -0.2) is 18.1 Å². The highest BCUT2D eigenvalue weighted by atomic mass is 35.5. The van der Waals surface area contributed by atoms with Crippen LogP contribution in [0.2, 0.25) is 5.02 Å². The molecule has 2 heterocycles. The number of alkyl halides is 3. The number of sulfone groups is 1. The first kappa shape index (κ1) is 27.6. The van der Waals surface area contributed by atoms with E-state index in [0.29, 0.717) is 40.4 Å². The number of nitrogens with zero attached hydrogens (tertiary/aromatic N) is 5. The Labute approximate surface area is 233 Å². The average molecular weight is 586 g/mol. The van der Waals surface area contributed by atoms with Gasteiger partial charge in [0.15, 0.2) is 15.5 Å². The van der Waals surface area contributed by atoms with Gasteiger partial charge in [-0.2, -0.15) is 13.2 Å². The first-order chi connectivity index (χ1) is 18.9. The van der Waals surface area contributed by atoms with E-state index in [-0.39, 0.29) is 10.7 Å². The third-order valence-corrected chi connectivity index (χ3v) is 7.80. The lowest BCUT2D eigenvalue weighted by Crippen LogP contribution is -2.09. The summed E-state index contributed by atoms with van der Waals surface area (Å²) in [5.74, 6) is 0.142. The molecule has 0 amide bonds. The van der Waals surface area contributed by atoms with E-state index in [4.69, 9.17) is 11.6 Å². The molecule has 0 fully saturated rings. The number of rotatable bonds is 7. The van der Waals surface area contributed by atoms with Gasteiger partial charge in [0.05, 0.1) is 28.2 Å². The summed E-state index contributed by atoms with van der Waals surface area (Å²) >= 11 is 6.00. The third kappa shape index (κ3) is 5.80. The molecular formula is C28H23ClF3N5O2S. The van der Waals surface area contributed by atoms with Crippen LogP contribution in [-0.4, -0.2) is 39.2 Å². The van der Waals surface area contributed by atoms with Crippen LogP contribution in [0.25, 0.3) is 22.5 Å². The lowest BCUT2D eigenvalue weighted by molar-refractivity contribution is -0.141. The summed E-state index contributed by atoms with van der Waals surface area (Å²) < 4.78 is 67.7. The van der Waals surface area contributed by atoms with Crippen LogP contribution in [0.3, 0.4) is 0 Å². The van der Waals surface area contributed by atoms with Crippen molar-refractivity contribution in [2.75, 3.05) is 6.26 Å². The molecule has 5 rings (SSSR count). The monoisotopic (exact) mass is 585 g/mol. The van der Waals surface area contributed by atoms with Gasteiger partial charge in [0.1, 0.15) is 5.82 Å². The van der Waals surface area contributed by atoms with Crippen LogP contribution in [0.15, 0.2) is 84.0 Å². The molecule has 0 saturated heterocycles. The standard InChI is InChI=1S/C28H23ClF3N5O2S/c1-18-34-27(28(30,31)32)17-36(18)25-13-9-21(20-4-3-5-24(14-20)40(2,38)39)15-26(25)37-23(16-33-35-37)12-8-19-6-10-22(29)11-7-19/h3-7,9-11,13-17H,8,12H2,1-2H3. The number of hydrogen-bond acceptors (Lipinski definition) is 5. The average Bonchev–Trinajstić information content (AvgIpc) is 3.54. The first-order valence-electron chi connectivity index (χ1n) is 12.1. The molecule has 40 heavy (non-hydrogen) atoms. The highest BCUT2D eigenvalue weighted by Crippen LogP contribution is 2.33. The van der Waals surface area contributed by atoms with Crippen LogP contribution in [0, 0.1) is 6.92 Å². The summed E-state index contributed by atoms with van der Waals surface area (Å²) in [7, 11) is -3.45. The van der Waals surface area contributed by atoms with Crippen molar-refractivity contribution in [2.45, 2.75) is 30.8 Å². The van der Waals surface area contributed by atoms with E-state index in [1.807, 2.05) is 12.1 Å². The van der Waals surface area contributed by atoms with Crippen molar-refractivity contribution in [3.8, 4) is 22.5 Å². The maximum Gasteiger partial charge on any atom is 0.434 e. The Balaban J connectivity index is 1.63. The van der Waals surface area contributed by atoms with Gasteiger partial charge in [-0.15, -0.1) is 5.10 Å². The smallest absolute Gasteiger partial charge is 0.301 e. The van der Waals surface area contributed by atoms with Crippen molar-refractivity contribution in [1.29, 1.82) is 0 Å². The van der Waals surface area contributed by atoms with Crippen molar-refractivity contribution in [1.82, 2.24) is 24.5 Å². The Morgan fingerprint density at radius 3 is 2.33 bits per heavy atom. The normalized spacial score (nSPS) is 12.2. The van der Waals surface area contributed by atoms with Gasteiger partial charge >= 0.3 is 6.18 Å². The second-order valence-corrected chi connectivity index (χ2v) is 11.8. The molecule has 0 bridgehead atoms. The Morgan fingerprint density at radius 2 is 1.65 bits per heavy atom. The molecule has 0 saturated carbocycles. The molecule has 0 aliphatic carbocycles. The molecule has 12 heteroatoms. The molecule has 206 valence electrons. The summed E-state index contributed by atoms with van der Waals surface area (Å²) in [6.45, 7) is 1.49.